The summed E-state index contributed by atoms with van der Waals surface area (Å²) in [5, 5.41) is 14.8. The molecule has 2 aromatic heterocycles. The first kappa shape index (κ1) is 17.7. The topological polar surface area (TPSA) is 95.7 Å². The number of anilines is 1. The largest absolute Gasteiger partial charge is 0.433 e. The Kier molecular flexibility index (Phi) is 5.08. The molecule has 0 bridgehead atoms. The van der Waals surface area contributed by atoms with Crippen molar-refractivity contribution in [3.05, 3.63) is 29.1 Å². The lowest BCUT2D eigenvalue weighted by atomic mass is 10.1. The molecule has 2 aromatic rings. The van der Waals surface area contributed by atoms with Gasteiger partial charge in [-0.25, -0.2) is 4.98 Å². The van der Waals surface area contributed by atoms with Crippen molar-refractivity contribution in [1.29, 1.82) is 5.26 Å². The molecule has 0 atom stereocenters. The molecule has 0 aromatic carbocycles. The fourth-order valence-electron chi connectivity index (χ4n) is 1.72. The van der Waals surface area contributed by atoms with Gasteiger partial charge in [-0.05, 0) is 18.6 Å². The van der Waals surface area contributed by atoms with Gasteiger partial charge >= 0.3 is 12.1 Å². The summed E-state index contributed by atoms with van der Waals surface area (Å²) in [6, 6.07) is 2.61. The number of nitriles is 1. The van der Waals surface area contributed by atoms with E-state index in [1.165, 1.54) is 17.8 Å². The second kappa shape index (κ2) is 6.88. The highest BCUT2D eigenvalue weighted by Gasteiger charge is 2.34. The summed E-state index contributed by atoms with van der Waals surface area (Å²) in [7, 11) is 1.59. The number of nitrogens with zero attached hydrogens (tertiary/aromatic N) is 4. The number of hydrogen-bond donors (Lipinski definition) is 1. The van der Waals surface area contributed by atoms with Crippen LogP contribution in [0.2, 0.25) is 0 Å². The number of amides is 1. The Morgan fingerprint density at radius 3 is 2.79 bits per heavy atom. The minimum absolute atomic E-state index is 0.00636. The van der Waals surface area contributed by atoms with Crippen LogP contribution in [0.1, 0.15) is 16.8 Å². The molecule has 0 aliphatic rings. The summed E-state index contributed by atoms with van der Waals surface area (Å²) >= 11 is 0.736. The standard InChI is InChI=1S/C13H10F3N5O2S/c1-7-3-9(13(14,15)16)18-12(8(7)4-17)24-6-10(22)19-11-5-21(2)20-23-11/h3,5H,6H2,1-2H3/p+1. The van der Waals surface area contributed by atoms with Crippen molar-refractivity contribution in [2.45, 2.75) is 18.1 Å². The number of aromatic nitrogens is 3. The zero-order valence-electron chi connectivity index (χ0n) is 12.5. The van der Waals surface area contributed by atoms with Gasteiger partial charge in [0.2, 0.25) is 5.91 Å². The summed E-state index contributed by atoms with van der Waals surface area (Å²) in [6.45, 7) is 1.38. The van der Waals surface area contributed by atoms with Gasteiger partial charge in [-0.1, -0.05) is 16.4 Å². The van der Waals surface area contributed by atoms with E-state index in [0.29, 0.717) is 0 Å². The lowest BCUT2D eigenvalue weighted by molar-refractivity contribution is -0.739. The number of carbonyl (C=O) groups excluding carboxylic acids is 1. The molecular weight excluding hydrogens is 347 g/mol. The smallest absolute Gasteiger partial charge is 0.288 e. The molecule has 24 heavy (non-hydrogen) atoms. The Labute approximate surface area is 138 Å². The van der Waals surface area contributed by atoms with Crippen LogP contribution in [0.4, 0.5) is 19.1 Å². The molecule has 0 fully saturated rings. The maximum absolute atomic E-state index is 12.8. The third kappa shape index (κ3) is 4.23. The fraction of sp³-hybridized carbons (Fsp3) is 0.308. The van der Waals surface area contributed by atoms with E-state index in [9.17, 15) is 18.0 Å². The maximum atomic E-state index is 12.8. The van der Waals surface area contributed by atoms with Gasteiger partial charge in [-0.2, -0.15) is 18.4 Å². The molecule has 7 nitrogen and oxygen atoms in total. The zero-order valence-corrected chi connectivity index (χ0v) is 13.3. The van der Waals surface area contributed by atoms with Crippen molar-refractivity contribution in [1.82, 2.24) is 10.3 Å². The maximum Gasteiger partial charge on any atom is 0.433 e. The van der Waals surface area contributed by atoms with Crippen LogP contribution in [0.3, 0.4) is 0 Å². The molecular formula is C13H11F3N5O2S+. The summed E-state index contributed by atoms with van der Waals surface area (Å²) in [5.41, 5.74) is -0.957. The molecule has 0 spiro atoms. The number of nitrogens with one attached hydrogen (secondary N) is 1. The first-order valence-electron chi connectivity index (χ1n) is 6.45. The summed E-state index contributed by atoms with van der Waals surface area (Å²) in [4.78, 5) is 15.3. The number of halogens is 3. The van der Waals surface area contributed by atoms with Crippen LogP contribution in [0.15, 0.2) is 21.8 Å². The lowest BCUT2D eigenvalue weighted by Crippen LogP contribution is -2.28. The molecule has 0 saturated heterocycles. The van der Waals surface area contributed by atoms with Gasteiger partial charge < -0.3 is 0 Å². The Bertz CT molecular complexity index is 813. The van der Waals surface area contributed by atoms with Crippen LogP contribution in [0.25, 0.3) is 0 Å². The van der Waals surface area contributed by atoms with Crippen molar-refractivity contribution >= 4 is 23.6 Å². The molecule has 0 unspecified atom stereocenters. The van der Waals surface area contributed by atoms with Crippen molar-refractivity contribution in [3.8, 4) is 6.07 Å². The van der Waals surface area contributed by atoms with E-state index in [2.05, 4.69) is 15.6 Å². The van der Waals surface area contributed by atoms with Gasteiger partial charge in [0.25, 0.3) is 6.20 Å². The van der Waals surface area contributed by atoms with Crippen LogP contribution in [0, 0.1) is 18.3 Å². The van der Waals surface area contributed by atoms with Gasteiger partial charge in [-0.3, -0.25) is 14.6 Å². The second-order valence-electron chi connectivity index (χ2n) is 4.69. The molecule has 1 amide bonds. The van der Waals surface area contributed by atoms with E-state index in [-0.39, 0.29) is 27.8 Å². The normalized spacial score (nSPS) is 11.2. The first-order chi connectivity index (χ1) is 11.2. The molecule has 0 saturated carbocycles. The summed E-state index contributed by atoms with van der Waals surface area (Å²) < 4.78 is 44.5. The minimum atomic E-state index is -4.63. The van der Waals surface area contributed by atoms with E-state index in [4.69, 9.17) is 9.78 Å². The number of rotatable bonds is 4. The fourth-order valence-corrected chi connectivity index (χ4v) is 2.57. The van der Waals surface area contributed by atoms with Gasteiger partial charge in [0.15, 0.2) is 12.3 Å². The third-order valence-corrected chi connectivity index (χ3v) is 3.74. The van der Waals surface area contributed by atoms with Crippen LogP contribution >= 0.6 is 11.8 Å². The van der Waals surface area contributed by atoms with Gasteiger partial charge in [0.1, 0.15) is 16.8 Å². The van der Waals surface area contributed by atoms with Gasteiger partial charge in [-0.15, -0.1) is 0 Å². The number of carbonyl (C=O) groups is 1. The molecule has 2 heterocycles. The van der Waals surface area contributed by atoms with E-state index in [1.807, 2.05) is 0 Å². The first-order valence-corrected chi connectivity index (χ1v) is 7.43. The third-order valence-electron chi connectivity index (χ3n) is 2.76. The van der Waals surface area contributed by atoms with Crippen molar-refractivity contribution < 1.29 is 27.2 Å². The highest BCUT2D eigenvalue weighted by atomic mass is 32.2. The number of alkyl halides is 3. The van der Waals surface area contributed by atoms with E-state index < -0.39 is 17.8 Å². The summed E-state index contributed by atoms with van der Waals surface area (Å²) in [5.74, 6) is -0.679. The van der Waals surface area contributed by atoms with Crippen molar-refractivity contribution in [2.75, 3.05) is 11.1 Å². The van der Waals surface area contributed by atoms with Crippen LogP contribution in [0.5, 0.6) is 0 Å². The molecule has 0 aliphatic carbocycles. The monoisotopic (exact) mass is 358 g/mol. The molecule has 11 heteroatoms. The van der Waals surface area contributed by atoms with E-state index in [1.54, 1.807) is 13.1 Å². The predicted molar refractivity (Wildman–Crippen MR) is 75.7 cm³/mol. The lowest BCUT2D eigenvalue weighted by Gasteiger charge is -2.11. The minimum Gasteiger partial charge on any atom is -0.288 e. The zero-order chi connectivity index (χ0) is 17.9. The van der Waals surface area contributed by atoms with Crippen molar-refractivity contribution in [2.24, 2.45) is 7.05 Å². The highest BCUT2D eigenvalue weighted by molar-refractivity contribution is 8.00. The number of hydrogen-bond acceptors (Lipinski definition) is 6. The number of pyridine rings is 1. The molecule has 0 radical (unpaired) electrons. The van der Waals surface area contributed by atoms with Crippen molar-refractivity contribution in [3.63, 3.8) is 0 Å². The Balaban J connectivity index is 2.15. The van der Waals surface area contributed by atoms with Gasteiger partial charge in [0.05, 0.1) is 11.3 Å². The van der Waals surface area contributed by atoms with Crippen LogP contribution in [-0.4, -0.2) is 21.9 Å². The Morgan fingerprint density at radius 1 is 1.54 bits per heavy atom. The summed E-state index contributed by atoms with van der Waals surface area (Å²) in [6.07, 6.45) is -3.22. The van der Waals surface area contributed by atoms with Crippen LogP contribution < -0.4 is 10.00 Å². The molecule has 126 valence electrons. The SMILES string of the molecule is Cc1cc(C(F)(F)F)nc(SCC(=O)Nc2c[n+](C)no2)c1C#N. The predicted octanol–water partition coefficient (Wildman–Crippen LogP) is 1.82. The van der Waals surface area contributed by atoms with E-state index >= 15 is 0 Å². The molecule has 1 N–H and O–H groups in total. The molecule has 0 aliphatic heterocycles. The Morgan fingerprint density at radius 2 is 2.25 bits per heavy atom. The highest BCUT2D eigenvalue weighted by Crippen LogP contribution is 2.32. The van der Waals surface area contributed by atoms with Crippen LogP contribution in [-0.2, 0) is 18.0 Å². The van der Waals surface area contributed by atoms with E-state index in [0.717, 1.165) is 17.8 Å². The quantitative estimate of drug-likeness (QED) is 0.662. The van der Waals surface area contributed by atoms with Gasteiger partial charge in [0, 0.05) is 0 Å². The number of aryl methyl sites for hydroxylation is 2. The average molecular weight is 358 g/mol. The Hall–Kier alpha value is -2.61. The molecule has 2 rings (SSSR count). The second-order valence-corrected chi connectivity index (χ2v) is 5.65. The number of thioether (sulfide) groups is 1. The average Bonchev–Trinajstić information content (AvgIpc) is 2.88.